The summed E-state index contributed by atoms with van der Waals surface area (Å²) in [5.41, 5.74) is -1.33. The van der Waals surface area contributed by atoms with Gasteiger partial charge in [-0.05, 0) is 30.3 Å². The number of hydrogen-bond donors (Lipinski definition) is 0. The molecule has 0 N–H and O–H groups in total. The monoisotopic (exact) mass is 404 g/mol. The fraction of sp³-hybridized carbons (Fsp3) is 0.636. The topological polar surface area (TPSA) is 96.0 Å². The van der Waals surface area contributed by atoms with Gasteiger partial charge in [0.2, 0.25) is 5.78 Å². The Labute approximate surface area is 170 Å². The predicted octanol–water partition coefficient (Wildman–Crippen LogP) is 2.53. The molecule has 1 saturated carbocycles. The van der Waals surface area contributed by atoms with Crippen molar-refractivity contribution in [3.8, 4) is 0 Å². The first-order valence-electron chi connectivity index (χ1n) is 9.91. The SMILES string of the molecule is COC(=O)C1=C(/C=C(\C(=O)OC)C(C)C)C(=O)C2OC(=O)[C@@]13CCCC(C)(C)[C@H]23. The molecule has 29 heavy (non-hydrogen) atoms. The second kappa shape index (κ2) is 7.11. The fourth-order valence-corrected chi connectivity index (χ4v) is 5.36. The molecule has 0 radical (unpaired) electrons. The van der Waals surface area contributed by atoms with Gasteiger partial charge in [0.05, 0.1) is 19.8 Å². The summed E-state index contributed by atoms with van der Waals surface area (Å²) in [7, 11) is 2.47. The van der Waals surface area contributed by atoms with Crippen LogP contribution >= 0.6 is 0 Å². The summed E-state index contributed by atoms with van der Waals surface area (Å²) in [4.78, 5) is 51.7. The van der Waals surface area contributed by atoms with Crippen molar-refractivity contribution in [1.29, 1.82) is 0 Å². The van der Waals surface area contributed by atoms with Crippen LogP contribution in [0.4, 0.5) is 0 Å². The molecule has 2 bridgehead atoms. The van der Waals surface area contributed by atoms with E-state index in [1.54, 1.807) is 13.8 Å². The van der Waals surface area contributed by atoms with Crippen molar-refractivity contribution in [3.05, 3.63) is 22.8 Å². The molecule has 158 valence electrons. The molecule has 0 aromatic carbocycles. The van der Waals surface area contributed by atoms with Crippen molar-refractivity contribution in [3.63, 3.8) is 0 Å². The number of carbonyl (C=O) groups is 4. The van der Waals surface area contributed by atoms with Crippen molar-refractivity contribution in [2.24, 2.45) is 22.7 Å². The highest BCUT2D eigenvalue weighted by atomic mass is 16.6. The standard InChI is InChI=1S/C22H28O7/c1-11(2)12(18(24)27-5)10-13-14(19(25)28-6)22-9-7-8-21(3,4)17(22)16(15(13)23)29-20(22)26/h10-11,16-17H,7-9H2,1-6H3/b12-10-/t16?,17-,22-/m0/s1. The quantitative estimate of drug-likeness (QED) is 0.404. The van der Waals surface area contributed by atoms with Crippen LogP contribution in [-0.2, 0) is 33.4 Å². The number of allylic oxidation sites excluding steroid dienone is 1. The molecular weight excluding hydrogens is 376 g/mol. The van der Waals surface area contributed by atoms with E-state index in [1.165, 1.54) is 20.3 Å². The van der Waals surface area contributed by atoms with Gasteiger partial charge in [-0.15, -0.1) is 0 Å². The number of Topliss-reactive ketones (excluding diaryl/α,β-unsaturated/α-hetero) is 1. The van der Waals surface area contributed by atoms with Gasteiger partial charge in [0.25, 0.3) is 0 Å². The number of esters is 3. The molecule has 1 heterocycles. The number of rotatable bonds is 4. The van der Waals surface area contributed by atoms with Crippen LogP contribution in [0.5, 0.6) is 0 Å². The molecule has 7 heteroatoms. The summed E-state index contributed by atoms with van der Waals surface area (Å²) in [5, 5.41) is 0. The van der Waals surface area contributed by atoms with Gasteiger partial charge in [-0.3, -0.25) is 9.59 Å². The van der Waals surface area contributed by atoms with Gasteiger partial charge in [-0.25, -0.2) is 9.59 Å². The van der Waals surface area contributed by atoms with E-state index in [2.05, 4.69) is 0 Å². The Morgan fingerprint density at radius 2 is 1.79 bits per heavy atom. The minimum absolute atomic E-state index is 0.0172. The van der Waals surface area contributed by atoms with Crippen molar-refractivity contribution in [1.82, 2.24) is 0 Å². The molecule has 0 aromatic heterocycles. The van der Waals surface area contributed by atoms with Gasteiger partial charge in [-0.2, -0.15) is 0 Å². The van der Waals surface area contributed by atoms with Crippen molar-refractivity contribution >= 4 is 23.7 Å². The Kier molecular flexibility index (Phi) is 5.22. The van der Waals surface area contributed by atoms with Gasteiger partial charge < -0.3 is 14.2 Å². The first-order valence-corrected chi connectivity index (χ1v) is 9.91. The molecule has 3 aliphatic rings. The lowest BCUT2D eigenvalue weighted by Gasteiger charge is -2.49. The summed E-state index contributed by atoms with van der Waals surface area (Å²) in [6, 6.07) is 0. The van der Waals surface area contributed by atoms with Crippen LogP contribution in [0.2, 0.25) is 0 Å². The first kappa shape index (κ1) is 21.3. The number of hydrogen-bond acceptors (Lipinski definition) is 7. The molecule has 0 aromatic rings. The number of methoxy groups -OCH3 is 2. The van der Waals surface area contributed by atoms with Crippen LogP contribution in [0.25, 0.3) is 0 Å². The second-order valence-corrected chi connectivity index (χ2v) is 9.01. The Morgan fingerprint density at radius 1 is 1.14 bits per heavy atom. The predicted molar refractivity (Wildman–Crippen MR) is 102 cm³/mol. The smallest absolute Gasteiger partial charge is 0.335 e. The molecule has 1 saturated heterocycles. The zero-order valence-corrected chi connectivity index (χ0v) is 17.8. The van der Waals surface area contributed by atoms with Crippen LogP contribution < -0.4 is 0 Å². The average molecular weight is 404 g/mol. The molecule has 3 atom stereocenters. The van der Waals surface area contributed by atoms with Crippen molar-refractivity contribution in [2.75, 3.05) is 14.2 Å². The largest absolute Gasteiger partial charge is 0.466 e. The molecule has 3 rings (SSSR count). The highest BCUT2D eigenvalue weighted by Gasteiger charge is 2.71. The van der Waals surface area contributed by atoms with E-state index >= 15 is 0 Å². The highest BCUT2D eigenvalue weighted by Crippen LogP contribution is 2.64. The van der Waals surface area contributed by atoms with Gasteiger partial charge in [0.15, 0.2) is 6.10 Å². The number of carbonyl (C=O) groups excluding carboxylic acids is 4. The van der Waals surface area contributed by atoms with Crippen LogP contribution in [0.15, 0.2) is 22.8 Å². The summed E-state index contributed by atoms with van der Waals surface area (Å²) in [5.74, 6) is -3.05. The van der Waals surface area contributed by atoms with Crippen molar-refractivity contribution in [2.45, 2.75) is 53.1 Å². The number of ketones is 1. The van der Waals surface area contributed by atoms with E-state index in [0.29, 0.717) is 12.8 Å². The summed E-state index contributed by atoms with van der Waals surface area (Å²) in [6.45, 7) is 7.57. The molecule has 2 fully saturated rings. The molecule has 7 nitrogen and oxygen atoms in total. The Morgan fingerprint density at radius 3 is 2.34 bits per heavy atom. The lowest BCUT2D eigenvalue weighted by atomic mass is 9.49. The molecule has 0 spiro atoms. The van der Waals surface area contributed by atoms with Gasteiger partial charge in [-0.1, -0.05) is 34.1 Å². The number of ether oxygens (including phenoxy) is 3. The highest BCUT2D eigenvalue weighted by molar-refractivity contribution is 6.16. The third-order valence-corrected chi connectivity index (χ3v) is 6.64. The average Bonchev–Trinajstić information content (AvgIpc) is 2.93. The lowest BCUT2D eigenvalue weighted by molar-refractivity contribution is -0.151. The van der Waals surface area contributed by atoms with Gasteiger partial charge in [0, 0.05) is 17.1 Å². The third-order valence-electron chi connectivity index (χ3n) is 6.64. The van der Waals surface area contributed by atoms with E-state index in [1.807, 2.05) is 13.8 Å². The zero-order chi connectivity index (χ0) is 21.7. The summed E-state index contributed by atoms with van der Waals surface area (Å²) in [6.07, 6.45) is 2.35. The summed E-state index contributed by atoms with van der Waals surface area (Å²) < 4.78 is 15.4. The summed E-state index contributed by atoms with van der Waals surface area (Å²) >= 11 is 0. The van der Waals surface area contributed by atoms with E-state index < -0.39 is 41.1 Å². The van der Waals surface area contributed by atoms with E-state index in [0.717, 1.165) is 6.42 Å². The minimum atomic E-state index is -1.24. The maximum Gasteiger partial charge on any atom is 0.335 e. The van der Waals surface area contributed by atoms with E-state index in [-0.39, 0.29) is 28.1 Å². The molecule has 1 aliphatic heterocycles. The molecular formula is C22H28O7. The normalized spacial score (nSPS) is 30.8. The van der Waals surface area contributed by atoms with Gasteiger partial charge >= 0.3 is 17.9 Å². The Hall–Kier alpha value is -2.44. The zero-order valence-electron chi connectivity index (χ0n) is 17.8. The van der Waals surface area contributed by atoms with E-state index in [9.17, 15) is 19.2 Å². The molecule has 1 unspecified atom stereocenters. The minimum Gasteiger partial charge on any atom is -0.466 e. The van der Waals surface area contributed by atoms with Crippen LogP contribution in [0.3, 0.4) is 0 Å². The fourth-order valence-electron chi connectivity index (χ4n) is 5.36. The van der Waals surface area contributed by atoms with Crippen LogP contribution in [-0.4, -0.2) is 44.0 Å². The molecule has 2 aliphatic carbocycles. The maximum atomic E-state index is 13.4. The van der Waals surface area contributed by atoms with Crippen LogP contribution in [0.1, 0.15) is 47.0 Å². The maximum absolute atomic E-state index is 13.4. The van der Waals surface area contributed by atoms with Crippen LogP contribution in [0, 0.1) is 22.7 Å². The van der Waals surface area contributed by atoms with Gasteiger partial charge in [0.1, 0.15) is 5.41 Å². The Balaban J connectivity index is 2.35. The second-order valence-electron chi connectivity index (χ2n) is 9.01. The lowest BCUT2D eigenvalue weighted by Crippen LogP contribution is -2.54. The third kappa shape index (κ3) is 2.93. The Bertz CT molecular complexity index is 845. The van der Waals surface area contributed by atoms with E-state index in [4.69, 9.17) is 14.2 Å². The van der Waals surface area contributed by atoms with Crippen molar-refractivity contribution < 1.29 is 33.4 Å². The first-order chi connectivity index (χ1) is 13.5. The molecule has 0 amide bonds.